The van der Waals surface area contributed by atoms with Gasteiger partial charge in [-0.2, -0.15) is 9.90 Å². The van der Waals surface area contributed by atoms with E-state index in [9.17, 15) is 9.18 Å². The molecule has 0 spiro atoms. The van der Waals surface area contributed by atoms with Crippen LogP contribution in [0.25, 0.3) is 16.9 Å². The molecule has 146 valence electrons. The molecule has 3 aromatic heterocycles. The summed E-state index contributed by atoms with van der Waals surface area (Å²) in [4.78, 5) is 14.4. The normalized spacial score (nSPS) is 13.8. The van der Waals surface area contributed by atoms with Crippen molar-refractivity contribution in [1.29, 1.82) is 0 Å². The first-order chi connectivity index (χ1) is 14.0. The molecular formula is C19H15BrFN7O. The number of halogens is 2. The molecule has 1 N–H and O–H groups in total. The largest absolute Gasteiger partial charge is 0.322 e. The van der Waals surface area contributed by atoms with Crippen molar-refractivity contribution in [1.82, 2.24) is 29.8 Å². The molecule has 3 heterocycles. The lowest BCUT2D eigenvalue weighted by atomic mass is 10.1. The molecule has 10 heteroatoms. The second-order valence-corrected chi connectivity index (χ2v) is 7.91. The van der Waals surface area contributed by atoms with E-state index in [2.05, 4.69) is 41.8 Å². The number of carbonyl (C=O) groups is 1. The van der Waals surface area contributed by atoms with Crippen molar-refractivity contribution in [2.24, 2.45) is 0 Å². The Hall–Kier alpha value is -3.14. The van der Waals surface area contributed by atoms with Crippen LogP contribution in [0, 0.1) is 12.7 Å². The number of aromatic nitrogens is 6. The van der Waals surface area contributed by atoms with Gasteiger partial charge in [-0.05, 0) is 54.8 Å². The van der Waals surface area contributed by atoms with Gasteiger partial charge in [-0.25, -0.2) is 8.91 Å². The average Bonchev–Trinajstić information content (AvgIpc) is 3.27. The summed E-state index contributed by atoms with van der Waals surface area (Å²) in [5.74, 6) is -0.603. The monoisotopic (exact) mass is 455 g/mol. The van der Waals surface area contributed by atoms with Gasteiger partial charge in [0.1, 0.15) is 5.82 Å². The standard InChI is InChI=1S/C19H15BrFN7O/c1-10-6-15(21)13(18-24-26-28(25-18)12-2-3-12)8-16(10)23-19(29)14-9-22-27-5-4-11(20)7-17(14)27/h4-9,12H,2-3H2,1H3,(H,23,29). The number of rotatable bonds is 4. The predicted octanol–water partition coefficient (Wildman–Crippen LogP) is 3.79. The van der Waals surface area contributed by atoms with E-state index in [1.165, 1.54) is 17.1 Å². The van der Waals surface area contributed by atoms with Crippen LogP contribution in [0.4, 0.5) is 10.1 Å². The van der Waals surface area contributed by atoms with Crippen LogP contribution in [0.2, 0.25) is 0 Å². The quantitative estimate of drug-likeness (QED) is 0.505. The van der Waals surface area contributed by atoms with E-state index in [0.29, 0.717) is 22.3 Å². The molecular weight excluding hydrogens is 441 g/mol. The van der Waals surface area contributed by atoms with Crippen LogP contribution in [0.3, 0.4) is 0 Å². The van der Waals surface area contributed by atoms with E-state index < -0.39 is 5.82 Å². The lowest BCUT2D eigenvalue weighted by molar-refractivity contribution is 0.102. The summed E-state index contributed by atoms with van der Waals surface area (Å²) < 4.78 is 17.0. The van der Waals surface area contributed by atoms with Gasteiger partial charge in [0.2, 0.25) is 5.82 Å². The molecule has 5 rings (SSSR count). The summed E-state index contributed by atoms with van der Waals surface area (Å²) in [5, 5.41) is 19.3. The fraction of sp³-hybridized carbons (Fsp3) is 0.211. The Balaban J connectivity index is 1.48. The smallest absolute Gasteiger partial charge is 0.259 e. The topological polar surface area (TPSA) is 90.0 Å². The van der Waals surface area contributed by atoms with Gasteiger partial charge in [0.05, 0.1) is 28.9 Å². The number of benzene rings is 1. The van der Waals surface area contributed by atoms with E-state index in [0.717, 1.165) is 17.3 Å². The molecule has 29 heavy (non-hydrogen) atoms. The second kappa shape index (κ2) is 6.73. The van der Waals surface area contributed by atoms with Gasteiger partial charge in [0.15, 0.2) is 0 Å². The molecule has 1 saturated carbocycles. The van der Waals surface area contributed by atoms with Crippen molar-refractivity contribution in [2.45, 2.75) is 25.8 Å². The minimum atomic E-state index is -0.462. The first-order valence-corrected chi connectivity index (χ1v) is 9.83. The number of pyridine rings is 1. The molecule has 0 bridgehead atoms. The fourth-order valence-electron chi connectivity index (χ4n) is 3.09. The number of tetrazole rings is 1. The number of nitrogens with zero attached hydrogens (tertiary/aromatic N) is 6. The van der Waals surface area contributed by atoms with Gasteiger partial charge in [0.25, 0.3) is 5.91 Å². The summed E-state index contributed by atoms with van der Waals surface area (Å²) in [6.45, 7) is 1.73. The summed E-state index contributed by atoms with van der Waals surface area (Å²) in [6, 6.07) is 6.79. The number of aryl methyl sites for hydroxylation is 1. The number of fused-ring (bicyclic) bond motifs is 1. The number of hydrogen-bond acceptors (Lipinski definition) is 5. The van der Waals surface area contributed by atoms with Crippen molar-refractivity contribution >= 4 is 33.0 Å². The Bertz CT molecular complexity index is 1260. The maximum atomic E-state index is 14.6. The minimum Gasteiger partial charge on any atom is -0.322 e. The number of nitrogens with one attached hydrogen (secondary N) is 1. The highest BCUT2D eigenvalue weighted by Crippen LogP contribution is 2.34. The average molecular weight is 456 g/mol. The zero-order valence-electron chi connectivity index (χ0n) is 15.3. The van der Waals surface area contributed by atoms with Crippen molar-refractivity contribution in [2.75, 3.05) is 5.32 Å². The maximum absolute atomic E-state index is 14.6. The third kappa shape index (κ3) is 3.29. The van der Waals surface area contributed by atoms with Gasteiger partial charge in [-0.15, -0.1) is 10.2 Å². The predicted molar refractivity (Wildman–Crippen MR) is 107 cm³/mol. The van der Waals surface area contributed by atoms with Crippen LogP contribution >= 0.6 is 15.9 Å². The number of carbonyl (C=O) groups excluding carboxylic acids is 1. The zero-order valence-corrected chi connectivity index (χ0v) is 16.9. The third-order valence-corrected chi connectivity index (χ3v) is 5.33. The van der Waals surface area contributed by atoms with E-state index in [-0.39, 0.29) is 23.3 Å². The number of hydrogen-bond donors (Lipinski definition) is 1. The Labute approximate surface area is 172 Å². The molecule has 1 aliphatic rings. The Kier molecular flexibility index (Phi) is 4.16. The van der Waals surface area contributed by atoms with Crippen molar-refractivity contribution < 1.29 is 9.18 Å². The molecule has 0 radical (unpaired) electrons. The molecule has 1 amide bonds. The Morgan fingerprint density at radius 2 is 2.14 bits per heavy atom. The number of anilines is 1. The van der Waals surface area contributed by atoms with E-state index in [4.69, 9.17) is 0 Å². The first-order valence-electron chi connectivity index (χ1n) is 9.04. The van der Waals surface area contributed by atoms with Crippen LogP contribution in [0.15, 0.2) is 41.1 Å². The summed E-state index contributed by atoms with van der Waals surface area (Å²) >= 11 is 3.40. The molecule has 4 aromatic rings. The van der Waals surface area contributed by atoms with Gasteiger partial charge in [-0.1, -0.05) is 15.9 Å². The van der Waals surface area contributed by atoms with Crippen molar-refractivity contribution in [3.8, 4) is 11.4 Å². The summed E-state index contributed by atoms with van der Waals surface area (Å²) in [7, 11) is 0. The molecule has 0 unspecified atom stereocenters. The lowest BCUT2D eigenvalue weighted by Gasteiger charge is -2.10. The van der Waals surface area contributed by atoms with Crippen LogP contribution in [0.5, 0.6) is 0 Å². The molecule has 0 saturated heterocycles. The molecule has 1 aromatic carbocycles. The van der Waals surface area contributed by atoms with Crippen molar-refractivity contribution in [3.05, 3.63) is 58.1 Å². The van der Waals surface area contributed by atoms with E-state index in [1.54, 1.807) is 23.7 Å². The van der Waals surface area contributed by atoms with E-state index >= 15 is 0 Å². The SMILES string of the molecule is Cc1cc(F)c(-c2nnn(C3CC3)n2)cc1NC(=O)c1cnn2ccc(Br)cc12. The van der Waals surface area contributed by atoms with Gasteiger partial charge < -0.3 is 5.32 Å². The highest BCUT2D eigenvalue weighted by atomic mass is 79.9. The van der Waals surface area contributed by atoms with Gasteiger partial charge in [-0.3, -0.25) is 4.79 Å². The molecule has 1 aliphatic carbocycles. The zero-order chi connectivity index (χ0) is 20.1. The highest BCUT2D eigenvalue weighted by Gasteiger charge is 2.27. The van der Waals surface area contributed by atoms with Gasteiger partial charge >= 0.3 is 0 Å². The Morgan fingerprint density at radius 3 is 2.93 bits per heavy atom. The van der Waals surface area contributed by atoms with Crippen LogP contribution < -0.4 is 5.32 Å². The van der Waals surface area contributed by atoms with Gasteiger partial charge in [0, 0.05) is 16.4 Å². The van der Waals surface area contributed by atoms with E-state index in [1.807, 2.05) is 12.1 Å². The molecule has 0 aliphatic heterocycles. The molecule has 1 fully saturated rings. The first kappa shape index (κ1) is 17.9. The van der Waals surface area contributed by atoms with Crippen LogP contribution in [-0.2, 0) is 0 Å². The number of amides is 1. The lowest BCUT2D eigenvalue weighted by Crippen LogP contribution is -2.13. The van der Waals surface area contributed by atoms with Crippen LogP contribution in [0.1, 0.15) is 34.8 Å². The minimum absolute atomic E-state index is 0.195. The summed E-state index contributed by atoms with van der Waals surface area (Å²) in [6.07, 6.45) is 5.26. The summed E-state index contributed by atoms with van der Waals surface area (Å²) in [5.41, 5.74) is 2.33. The maximum Gasteiger partial charge on any atom is 0.259 e. The highest BCUT2D eigenvalue weighted by molar-refractivity contribution is 9.10. The fourth-order valence-corrected chi connectivity index (χ4v) is 3.43. The molecule has 0 atom stereocenters. The Morgan fingerprint density at radius 1 is 1.31 bits per heavy atom. The van der Waals surface area contributed by atoms with Crippen molar-refractivity contribution in [3.63, 3.8) is 0 Å². The molecule has 8 nitrogen and oxygen atoms in total. The van der Waals surface area contributed by atoms with Crippen LogP contribution in [-0.4, -0.2) is 35.7 Å². The second-order valence-electron chi connectivity index (χ2n) is 7.00. The third-order valence-electron chi connectivity index (χ3n) is 4.83.